The van der Waals surface area contributed by atoms with Crippen molar-refractivity contribution in [3.05, 3.63) is 40.4 Å². The van der Waals surface area contributed by atoms with Gasteiger partial charge in [-0.05, 0) is 26.0 Å². The average molecular weight is 295 g/mol. The zero-order chi connectivity index (χ0) is 14.7. The summed E-state index contributed by atoms with van der Waals surface area (Å²) in [5, 5.41) is 5.82. The number of hydrogen-bond acceptors (Lipinski definition) is 3. The van der Waals surface area contributed by atoms with E-state index in [1.54, 1.807) is 38.1 Å². The normalized spacial score (nSPS) is 18.4. The van der Waals surface area contributed by atoms with Gasteiger partial charge in [-0.15, -0.1) is 0 Å². The van der Waals surface area contributed by atoms with Crippen LogP contribution in [0.3, 0.4) is 0 Å². The monoisotopic (exact) mass is 294 g/mol. The molecule has 0 spiro atoms. The van der Waals surface area contributed by atoms with Crippen LogP contribution in [-0.2, 0) is 9.53 Å². The number of benzene rings is 1. The molecule has 0 fully saturated rings. The summed E-state index contributed by atoms with van der Waals surface area (Å²) in [5.41, 5.74) is 1.48. The van der Waals surface area contributed by atoms with Gasteiger partial charge in [-0.2, -0.15) is 0 Å². The first-order valence-electron chi connectivity index (χ1n) is 6.27. The van der Waals surface area contributed by atoms with Gasteiger partial charge in [0.1, 0.15) is 0 Å². The lowest BCUT2D eigenvalue weighted by Crippen LogP contribution is -2.48. The van der Waals surface area contributed by atoms with E-state index in [1.165, 1.54) is 0 Å². The SMILES string of the molecule is CCOC(=O)C1=C(c2cccc(Cl)c2)NC(=O)NC1C. The van der Waals surface area contributed by atoms with Crippen molar-refractivity contribution in [1.29, 1.82) is 0 Å². The van der Waals surface area contributed by atoms with Crippen molar-refractivity contribution in [2.24, 2.45) is 0 Å². The van der Waals surface area contributed by atoms with Crippen molar-refractivity contribution in [3.63, 3.8) is 0 Å². The summed E-state index contributed by atoms with van der Waals surface area (Å²) in [5.74, 6) is -0.456. The average Bonchev–Trinajstić information content (AvgIpc) is 2.37. The lowest BCUT2D eigenvalue weighted by molar-refractivity contribution is -0.138. The number of ether oxygens (including phenoxy) is 1. The maximum Gasteiger partial charge on any atom is 0.338 e. The molecule has 1 heterocycles. The molecule has 6 heteroatoms. The molecule has 5 nitrogen and oxygen atoms in total. The minimum Gasteiger partial charge on any atom is -0.463 e. The van der Waals surface area contributed by atoms with Crippen LogP contribution in [0.2, 0.25) is 5.02 Å². The number of rotatable bonds is 3. The first-order chi connectivity index (χ1) is 9.52. The highest BCUT2D eigenvalue weighted by Crippen LogP contribution is 2.24. The number of hydrogen-bond donors (Lipinski definition) is 2. The number of carbonyl (C=O) groups excluding carboxylic acids is 2. The van der Waals surface area contributed by atoms with E-state index in [9.17, 15) is 9.59 Å². The predicted octanol–water partition coefficient (Wildman–Crippen LogP) is 2.32. The third kappa shape index (κ3) is 2.93. The minimum atomic E-state index is -0.456. The summed E-state index contributed by atoms with van der Waals surface area (Å²) >= 11 is 5.96. The lowest BCUT2D eigenvalue weighted by Gasteiger charge is -2.26. The van der Waals surface area contributed by atoms with Crippen molar-refractivity contribution in [3.8, 4) is 0 Å². The van der Waals surface area contributed by atoms with Crippen LogP contribution < -0.4 is 10.6 Å². The van der Waals surface area contributed by atoms with Crippen molar-refractivity contribution < 1.29 is 14.3 Å². The first-order valence-corrected chi connectivity index (χ1v) is 6.65. The van der Waals surface area contributed by atoms with Crippen LogP contribution in [0, 0.1) is 0 Å². The molecule has 1 aromatic rings. The number of halogens is 1. The molecule has 2 rings (SSSR count). The number of esters is 1. The third-order valence-electron chi connectivity index (χ3n) is 2.90. The lowest BCUT2D eigenvalue weighted by atomic mass is 9.99. The largest absolute Gasteiger partial charge is 0.463 e. The molecule has 20 heavy (non-hydrogen) atoms. The van der Waals surface area contributed by atoms with E-state index < -0.39 is 12.0 Å². The van der Waals surface area contributed by atoms with Gasteiger partial charge in [0.25, 0.3) is 0 Å². The topological polar surface area (TPSA) is 67.4 Å². The van der Waals surface area contributed by atoms with Crippen molar-refractivity contribution in [2.45, 2.75) is 19.9 Å². The number of nitrogens with one attached hydrogen (secondary N) is 2. The van der Waals surface area contributed by atoms with Gasteiger partial charge in [0.05, 0.1) is 23.9 Å². The molecular weight excluding hydrogens is 280 g/mol. The molecule has 1 atom stereocenters. The molecule has 1 aromatic carbocycles. The van der Waals surface area contributed by atoms with Gasteiger partial charge in [0.2, 0.25) is 0 Å². The Balaban J connectivity index is 2.53. The van der Waals surface area contributed by atoms with E-state index in [1.807, 2.05) is 0 Å². The highest BCUT2D eigenvalue weighted by atomic mass is 35.5. The first kappa shape index (κ1) is 14.4. The summed E-state index contributed by atoms with van der Waals surface area (Å²) in [6.45, 7) is 3.73. The van der Waals surface area contributed by atoms with E-state index in [0.717, 1.165) is 0 Å². The second kappa shape index (κ2) is 5.96. The zero-order valence-electron chi connectivity index (χ0n) is 11.2. The van der Waals surface area contributed by atoms with Crippen LogP contribution in [-0.4, -0.2) is 24.6 Å². The summed E-state index contributed by atoms with van der Waals surface area (Å²) in [6, 6.07) is 6.15. The third-order valence-corrected chi connectivity index (χ3v) is 3.13. The molecule has 2 N–H and O–H groups in total. The summed E-state index contributed by atoms with van der Waals surface area (Å²) in [6.07, 6.45) is 0. The highest BCUT2D eigenvalue weighted by molar-refractivity contribution is 6.30. The van der Waals surface area contributed by atoms with Crippen LogP contribution in [0.1, 0.15) is 19.4 Å². The quantitative estimate of drug-likeness (QED) is 0.841. The Kier molecular flexibility index (Phi) is 4.29. The fourth-order valence-electron chi connectivity index (χ4n) is 2.06. The molecular formula is C14H15ClN2O3. The van der Waals surface area contributed by atoms with Crippen LogP contribution in [0.25, 0.3) is 5.70 Å². The van der Waals surface area contributed by atoms with E-state index in [2.05, 4.69) is 10.6 Å². The van der Waals surface area contributed by atoms with Gasteiger partial charge in [0.15, 0.2) is 0 Å². The van der Waals surface area contributed by atoms with Crippen molar-refractivity contribution in [1.82, 2.24) is 10.6 Å². The van der Waals surface area contributed by atoms with E-state index in [4.69, 9.17) is 16.3 Å². The van der Waals surface area contributed by atoms with Gasteiger partial charge < -0.3 is 15.4 Å². The van der Waals surface area contributed by atoms with Crippen LogP contribution >= 0.6 is 11.6 Å². The van der Waals surface area contributed by atoms with E-state index in [-0.39, 0.29) is 12.6 Å². The maximum absolute atomic E-state index is 12.1. The Hall–Kier alpha value is -2.01. The standard InChI is InChI=1S/C14H15ClN2O3/c1-3-20-13(18)11-8(2)16-14(19)17-12(11)9-5-4-6-10(15)7-9/h4-8H,3H2,1-2H3,(H2,16,17,19). The highest BCUT2D eigenvalue weighted by Gasteiger charge is 2.30. The Labute approximate surface area is 121 Å². The second-order valence-electron chi connectivity index (χ2n) is 4.34. The van der Waals surface area contributed by atoms with E-state index >= 15 is 0 Å². The molecule has 0 saturated heterocycles. The molecule has 106 valence electrons. The fraction of sp³-hybridized carbons (Fsp3) is 0.286. The van der Waals surface area contributed by atoms with Crippen LogP contribution in [0.15, 0.2) is 29.8 Å². The maximum atomic E-state index is 12.1. The van der Waals surface area contributed by atoms with Crippen molar-refractivity contribution >= 4 is 29.3 Å². The summed E-state index contributed by atoms with van der Waals surface area (Å²) in [7, 11) is 0. The Morgan fingerprint density at radius 1 is 1.45 bits per heavy atom. The Bertz CT molecular complexity index is 584. The van der Waals surface area contributed by atoms with Gasteiger partial charge in [-0.25, -0.2) is 9.59 Å². The predicted molar refractivity (Wildman–Crippen MR) is 76.1 cm³/mol. The molecule has 0 saturated carbocycles. The molecule has 0 aromatic heterocycles. The molecule has 1 aliphatic heterocycles. The smallest absolute Gasteiger partial charge is 0.338 e. The van der Waals surface area contributed by atoms with Crippen molar-refractivity contribution in [2.75, 3.05) is 6.61 Å². The number of urea groups is 1. The molecule has 0 radical (unpaired) electrons. The molecule has 1 unspecified atom stereocenters. The molecule has 0 bridgehead atoms. The van der Waals surface area contributed by atoms with Gasteiger partial charge in [0, 0.05) is 10.6 Å². The Morgan fingerprint density at radius 2 is 2.20 bits per heavy atom. The zero-order valence-corrected chi connectivity index (χ0v) is 12.0. The summed E-state index contributed by atoms with van der Waals surface area (Å²) in [4.78, 5) is 23.7. The number of amides is 2. The van der Waals surface area contributed by atoms with Crippen LogP contribution in [0.4, 0.5) is 4.79 Å². The minimum absolute atomic E-state index is 0.270. The summed E-state index contributed by atoms with van der Waals surface area (Å²) < 4.78 is 5.05. The number of carbonyl (C=O) groups is 2. The van der Waals surface area contributed by atoms with Gasteiger partial charge in [-0.1, -0.05) is 23.7 Å². The van der Waals surface area contributed by atoms with E-state index in [0.29, 0.717) is 21.9 Å². The van der Waals surface area contributed by atoms with Crippen LogP contribution in [0.5, 0.6) is 0 Å². The fourth-order valence-corrected chi connectivity index (χ4v) is 2.25. The van der Waals surface area contributed by atoms with Gasteiger partial charge >= 0.3 is 12.0 Å². The second-order valence-corrected chi connectivity index (χ2v) is 4.78. The molecule has 1 aliphatic rings. The van der Waals surface area contributed by atoms with Gasteiger partial charge in [-0.3, -0.25) is 0 Å². The Morgan fingerprint density at radius 3 is 2.85 bits per heavy atom. The molecule has 2 amide bonds. The molecule has 0 aliphatic carbocycles.